The van der Waals surface area contributed by atoms with E-state index >= 15 is 0 Å². The van der Waals surface area contributed by atoms with E-state index in [-0.39, 0.29) is 5.69 Å². The molecule has 0 aliphatic carbocycles. The van der Waals surface area contributed by atoms with Crippen LogP contribution in [0.4, 0.5) is 24.5 Å². The van der Waals surface area contributed by atoms with Crippen LogP contribution in [0.2, 0.25) is 0 Å². The van der Waals surface area contributed by atoms with Crippen molar-refractivity contribution in [1.82, 2.24) is 0 Å². The fourth-order valence-corrected chi connectivity index (χ4v) is 3.21. The minimum atomic E-state index is -4.47. The van der Waals surface area contributed by atoms with Crippen molar-refractivity contribution in [2.45, 2.75) is 25.6 Å². The third-order valence-electron chi connectivity index (χ3n) is 4.52. The van der Waals surface area contributed by atoms with Gasteiger partial charge in [-0.25, -0.2) is 0 Å². The van der Waals surface area contributed by atoms with Gasteiger partial charge in [0.2, 0.25) is 0 Å². The summed E-state index contributed by atoms with van der Waals surface area (Å²) in [6.07, 6.45) is -2.51. The van der Waals surface area contributed by atoms with Crippen molar-refractivity contribution in [1.29, 1.82) is 0 Å². The Labute approximate surface area is 155 Å². The zero-order valence-electron chi connectivity index (χ0n) is 15.0. The minimum Gasteiger partial charge on any atom is -0.380 e. The number of carbonyl (C=O) groups is 1. The van der Waals surface area contributed by atoms with Crippen molar-refractivity contribution in [3.63, 3.8) is 0 Å². The number of methoxy groups -OCH3 is 1. The molecule has 0 aromatic heterocycles. The van der Waals surface area contributed by atoms with Gasteiger partial charge in [-0.2, -0.15) is 13.2 Å². The average Bonchev–Trinajstić information content (AvgIpc) is 3.16. The summed E-state index contributed by atoms with van der Waals surface area (Å²) >= 11 is 0. The molecule has 1 amide bonds. The summed E-state index contributed by atoms with van der Waals surface area (Å²) in [6.45, 7) is 1.87. The molecule has 0 atom stereocenters. The molecule has 27 heavy (non-hydrogen) atoms. The highest BCUT2D eigenvalue weighted by Gasteiger charge is 2.32. The number of nitrogens with zero attached hydrogens (tertiary/aromatic N) is 1. The smallest absolute Gasteiger partial charge is 0.380 e. The molecule has 2 aromatic carbocycles. The van der Waals surface area contributed by atoms with Crippen molar-refractivity contribution in [3.8, 4) is 0 Å². The van der Waals surface area contributed by atoms with Gasteiger partial charge in [0.1, 0.15) is 0 Å². The SMILES string of the molecule is COCc1cccc(C(=O)Nc2cc(C(F)(F)F)ccc2N2CCCC2)c1. The molecule has 1 aliphatic rings. The van der Waals surface area contributed by atoms with Gasteiger partial charge in [-0.15, -0.1) is 0 Å². The highest BCUT2D eigenvalue weighted by molar-refractivity contribution is 6.06. The highest BCUT2D eigenvalue weighted by Crippen LogP contribution is 2.36. The Hall–Kier alpha value is -2.54. The van der Waals surface area contributed by atoms with E-state index in [1.54, 1.807) is 25.3 Å². The summed E-state index contributed by atoms with van der Waals surface area (Å²) in [4.78, 5) is 14.6. The molecule has 7 heteroatoms. The van der Waals surface area contributed by atoms with Crippen molar-refractivity contribution in [3.05, 3.63) is 59.2 Å². The van der Waals surface area contributed by atoms with Gasteiger partial charge in [0.25, 0.3) is 5.91 Å². The number of rotatable bonds is 5. The van der Waals surface area contributed by atoms with Crippen LogP contribution in [0, 0.1) is 0 Å². The molecule has 1 saturated heterocycles. The number of amides is 1. The zero-order valence-corrected chi connectivity index (χ0v) is 15.0. The molecule has 3 rings (SSSR count). The van der Waals surface area contributed by atoms with Gasteiger partial charge in [0, 0.05) is 25.8 Å². The second kappa shape index (κ2) is 8.00. The van der Waals surface area contributed by atoms with E-state index in [4.69, 9.17) is 4.74 Å². The molecule has 1 fully saturated rings. The Bertz CT molecular complexity index is 815. The monoisotopic (exact) mass is 378 g/mol. The lowest BCUT2D eigenvalue weighted by Gasteiger charge is -2.23. The molecule has 0 saturated carbocycles. The number of hydrogen-bond donors (Lipinski definition) is 1. The normalized spacial score (nSPS) is 14.4. The number of anilines is 2. The maximum Gasteiger partial charge on any atom is 0.416 e. The second-order valence-corrected chi connectivity index (χ2v) is 6.51. The Morgan fingerprint density at radius 1 is 1.15 bits per heavy atom. The first kappa shape index (κ1) is 19.2. The van der Waals surface area contributed by atoms with E-state index in [1.807, 2.05) is 11.0 Å². The first-order valence-corrected chi connectivity index (χ1v) is 8.74. The third kappa shape index (κ3) is 4.60. The van der Waals surface area contributed by atoms with Gasteiger partial charge in [0.15, 0.2) is 0 Å². The molecular weight excluding hydrogens is 357 g/mol. The van der Waals surface area contributed by atoms with Crippen LogP contribution in [0.15, 0.2) is 42.5 Å². The van der Waals surface area contributed by atoms with Gasteiger partial charge in [-0.05, 0) is 48.7 Å². The molecule has 0 unspecified atom stereocenters. The first-order chi connectivity index (χ1) is 12.9. The zero-order chi connectivity index (χ0) is 19.4. The predicted molar refractivity (Wildman–Crippen MR) is 98.0 cm³/mol. The summed E-state index contributed by atoms with van der Waals surface area (Å²) < 4.78 is 44.5. The summed E-state index contributed by atoms with van der Waals surface area (Å²) in [6, 6.07) is 10.3. The lowest BCUT2D eigenvalue weighted by Crippen LogP contribution is -2.22. The average molecular weight is 378 g/mol. The third-order valence-corrected chi connectivity index (χ3v) is 4.52. The molecule has 4 nitrogen and oxygen atoms in total. The molecule has 144 valence electrons. The van der Waals surface area contributed by atoms with Crippen LogP contribution in [-0.2, 0) is 17.5 Å². The molecule has 1 heterocycles. The number of alkyl halides is 3. The van der Waals surface area contributed by atoms with Crippen LogP contribution in [-0.4, -0.2) is 26.1 Å². The van der Waals surface area contributed by atoms with E-state index in [1.165, 1.54) is 6.07 Å². The first-order valence-electron chi connectivity index (χ1n) is 8.74. The van der Waals surface area contributed by atoms with E-state index < -0.39 is 17.6 Å². The second-order valence-electron chi connectivity index (χ2n) is 6.51. The van der Waals surface area contributed by atoms with Gasteiger partial charge in [-0.1, -0.05) is 12.1 Å². The van der Waals surface area contributed by atoms with Gasteiger partial charge < -0.3 is 15.0 Å². The summed E-state index contributed by atoms with van der Waals surface area (Å²) in [5.74, 6) is -0.451. The van der Waals surface area contributed by atoms with Crippen LogP contribution >= 0.6 is 0 Å². The topological polar surface area (TPSA) is 41.6 Å². The summed E-state index contributed by atoms with van der Waals surface area (Å²) in [5, 5.41) is 2.66. The van der Waals surface area contributed by atoms with Crippen LogP contribution < -0.4 is 10.2 Å². The number of benzene rings is 2. The van der Waals surface area contributed by atoms with E-state index in [0.29, 0.717) is 17.9 Å². The lowest BCUT2D eigenvalue weighted by atomic mass is 10.1. The van der Waals surface area contributed by atoms with Crippen molar-refractivity contribution in [2.75, 3.05) is 30.4 Å². The van der Waals surface area contributed by atoms with Crippen molar-refractivity contribution in [2.24, 2.45) is 0 Å². The maximum absolute atomic E-state index is 13.1. The Morgan fingerprint density at radius 3 is 2.56 bits per heavy atom. The summed E-state index contributed by atoms with van der Waals surface area (Å²) in [5.41, 5.74) is 1.19. The van der Waals surface area contributed by atoms with Crippen LogP contribution in [0.3, 0.4) is 0 Å². The van der Waals surface area contributed by atoms with Gasteiger partial charge in [0.05, 0.1) is 23.5 Å². The Balaban J connectivity index is 1.91. The number of nitrogens with one attached hydrogen (secondary N) is 1. The molecule has 0 spiro atoms. The van der Waals surface area contributed by atoms with E-state index in [2.05, 4.69) is 5.32 Å². The largest absolute Gasteiger partial charge is 0.416 e. The number of carbonyl (C=O) groups excluding carboxylic acids is 1. The molecule has 1 aliphatic heterocycles. The molecule has 0 radical (unpaired) electrons. The van der Waals surface area contributed by atoms with Crippen LogP contribution in [0.1, 0.15) is 34.3 Å². The minimum absolute atomic E-state index is 0.175. The summed E-state index contributed by atoms with van der Waals surface area (Å²) in [7, 11) is 1.55. The van der Waals surface area contributed by atoms with Gasteiger partial charge >= 0.3 is 6.18 Å². The molecular formula is C20H21F3N2O2. The van der Waals surface area contributed by atoms with E-state index in [9.17, 15) is 18.0 Å². The van der Waals surface area contributed by atoms with Crippen LogP contribution in [0.5, 0.6) is 0 Å². The predicted octanol–water partition coefficient (Wildman–Crippen LogP) is 4.70. The quantitative estimate of drug-likeness (QED) is 0.820. The molecule has 1 N–H and O–H groups in total. The molecule has 0 bridgehead atoms. The standard InChI is InChI=1S/C20H21F3N2O2/c1-27-13-14-5-4-6-15(11-14)19(26)24-17-12-16(20(21,22)23)7-8-18(17)25-9-2-3-10-25/h4-8,11-12H,2-3,9-10,13H2,1H3,(H,24,26). The maximum atomic E-state index is 13.1. The fourth-order valence-electron chi connectivity index (χ4n) is 3.21. The van der Waals surface area contributed by atoms with Crippen molar-refractivity contribution < 1.29 is 22.7 Å². The molecule has 2 aromatic rings. The lowest BCUT2D eigenvalue weighted by molar-refractivity contribution is -0.137. The fraction of sp³-hybridized carbons (Fsp3) is 0.350. The van der Waals surface area contributed by atoms with Gasteiger partial charge in [-0.3, -0.25) is 4.79 Å². The van der Waals surface area contributed by atoms with Crippen molar-refractivity contribution >= 4 is 17.3 Å². The Morgan fingerprint density at radius 2 is 1.89 bits per heavy atom. The Kier molecular flexibility index (Phi) is 5.70. The number of hydrogen-bond acceptors (Lipinski definition) is 3. The highest BCUT2D eigenvalue weighted by atomic mass is 19.4. The van der Waals surface area contributed by atoms with E-state index in [0.717, 1.165) is 43.6 Å². The van der Waals surface area contributed by atoms with Crippen LogP contribution in [0.25, 0.3) is 0 Å². The number of ether oxygens (including phenoxy) is 1. The number of halogens is 3.